The number of rotatable bonds is 5. The van der Waals surface area contributed by atoms with Crippen molar-refractivity contribution in [2.24, 2.45) is 0 Å². The molecule has 116 valence electrons. The van der Waals surface area contributed by atoms with E-state index in [9.17, 15) is 4.79 Å². The minimum absolute atomic E-state index is 0.0470. The van der Waals surface area contributed by atoms with E-state index in [0.29, 0.717) is 18.4 Å². The number of aryl methyl sites for hydroxylation is 1. The molecule has 6 nitrogen and oxygen atoms in total. The molecule has 3 rings (SSSR count). The summed E-state index contributed by atoms with van der Waals surface area (Å²) < 4.78 is 7.59. The maximum atomic E-state index is 12.2. The molecule has 6 heteroatoms. The lowest BCUT2D eigenvalue weighted by atomic mass is 10.2. The van der Waals surface area contributed by atoms with Gasteiger partial charge in [-0.05, 0) is 25.8 Å². The Kier molecular flexibility index (Phi) is 4.55. The van der Waals surface area contributed by atoms with Crippen molar-refractivity contribution in [2.45, 2.75) is 44.9 Å². The van der Waals surface area contributed by atoms with Gasteiger partial charge in [0.1, 0.15) is 0 Å². The Bertz CT molecular complexity index is 531. The molecule has 3 heterocycles. The van der Waals surface area contributed by atoms with Crippen molar-refractivity contribution in [2.75, 3.05) is 31.6 Å². The lowest BCUT2D eigenvalue weighted by molar-refractivity contribution is -0.0416. The van der Waals surface area contributed by atoms with E-state index in [0.717, 1.165) is 26.1 Å². The molecule has 2 aliphatic heterocycles. The second-order valence-corrected chi connectivity index (χ2v) is 5.90. The van der Waals surface area contributed by atoms with Crippen LogP contribution in [0.25, 0.3) is 0 Å². The lowest BCUT2D eigenvalue weighted by Crippen LogP contribution is -2.48. The molecular formula is C15H24N4O2. The average molecular weight is 292 g/mol. The van der Waals surface area contributed by atoms with Gasteiger partial charge in [0.2, 0.25) is 0 Å². The van der Waals surface area contributed by atoms with Gasteiger partial charge in [-0.15, -0.1) is 0 Å². The summed E-state index contributed by atoms with van der Waals surface area (Å²) in [5.41, 5.74) is -0.0470. The van der Waals surface area contributed by atoms with Gasteiger partial charge in [0.25, 0.3) is 5.56 Å². The molecule has 2 aliphatic rings. The fourth-order valence-corrected chi connectivity index (χ4v) is 3.21. The Balaban J connectivity index is 1.58. The van der Waals surface area contributed by atoms with Crippen molar-refractivity contribution in [1.29, 1.82) is 0 Å². The van der Waals surface area contributed by atoms with Crippen LogP contribution in [0, 0.1) is 0 Å². The van der Waals surface area contributed by atoms with Crippen LogP contribution in [0.1, 0.15) is 26.2 Å². The molecular weight excluding hydrogens is 268 g/mol. The SMILES string of the molecule is CCCn1ccnc(NCC2CN3CCCC3CO2)c1=O. The molecule has 2 saturated heterocycles. The van der Waals surface area contributed by atoms with Gasteiger partial charge < -0.3 is 14.6 Å². The molecule has 1 aromatic heterocycles. The minimum Gasteiger partial charge on any atom is -0.373 e. The van der Waals surface area contributed by atoms with E-state index in [-0.39, 0.29) is 11.7 Å². The number of hydrogen-bond acceptors (Lipinski definition) is 5. The highest BCUT2D eigenvalue weighted by Gasteiger charge is 2.32. The van der Waals surface area contributed by atoms with Crippen LogP contribution in [-0.4, -0.2) is 52.8 Å². The lowest BCUT2D eigenvalue weighted by Gasteiger charge is -2.35. The molecule has 0 spiro atoms. The Morgan fingerprint density at radius 1 is 1.52 bits per heavy atom. The van der Waals surface area contributed by atoms with Crippen molar-refractivity contribution in [3.05, 3.63) is 22.7 Å². The fourth-order valence-electron chi connectivity index (χ4n) is 3.21. The first kappa shape index (κ1) is 14.5. The number of aromatic nitrogens is 2. The van der Waals surface area contributed by atoms with Gasteiger partial charge in [-0.1, -0.05) is 6.92 Å². The monoisotopic (exact) mass is 292 g/mol. The Labute approximate surface area is 125 Å². The van der Waals surface area contributed by atoms with E-state index >= 15 is 0 Å². The van der Waals surface area contributed by atoms with E-state index in [1.807, 2.05) is 0 Å². The number of fused-ring (bicyclic) bond motifs is 1. The largest absolute Gasteiger partial charge is 0.373 e. The number of nitrogens with zero attached hydrogens (tertiary/aromatic N) is 3. The zero-order valence-corrected chi connectivity index (χ0v) is 12.6. The molecule has 21 heavy (non-hydrogen) atoms. The molecule has 0 aliphatic carbocycles. The highest BCUT2D eigenvalue weighted by molar-refractivity contribution is 5.30. The number of ether oxygens (including phenoxy) is 1. The first-order valence-corrected chi connectivity index (χ1v) is 7.93. The maximum absolute atomic E-state index is 12.2. The van der Waals surface area contributed by atoms with Gasteiger partial charge >= 0.3 is 0 Å². The molecule has 0 aromatic carbocycles. The Morgan fingerprint density at radius 2 is 2.43 bits per heavy atom. The van der Waals surface area contributed by atoms with E-state index in [2.05, 4.69) is 22.1 Å². The highest BCUT2D eigenvalue weighted by Crippen LogP contribution is 2.22. The predicted octanol–water partition coefficient (Wildman–Crippen LogP) is 0.928. The predicted molar refractivity (Wildman–Crippen MR) is 81.6 cm³/mol. The van der Waals surface area contributed by atoms with Crippen LogP contribution in [0.4, 0.5) is 5.82 Å². The standard InChI is InChI=1S/C15H24N4O2/c1-2-6-18-8-5-16-14(15(18)20)17-9-13-10-19-7-3-4-12(19)11-21-13/h5,8,12-13H,2-4,6-7,9-11H2,1H3,(H,16,17). The molecule has 2 unspecified atom stereocenters. The summed E-state index contributed by atoms with van der Waals surface area (Å²) in [5.74, 6) is 0.429. The summed E-state index contributed by atoms with van der Waals surface area (Å²) in [4.78, 5) is 18.9. The topological polar surface area (TPSA) is 59.4 Å². The van der Waals surface area contributed by atoms with E-state index in [4.69, 9.17) is 4.74 Å². The number of morpholine rings is 1. The van der Waals surface area contributed by atoms with Gasteiger partial charge in [0.15, 0.2) is 5.82 Å². The zero-order chi connectivity index (χ0) is 14.7. The van der Waals surface area contributed by atoms with E-state index in [1.165, 1.54) is 19.4 Å². The van der Waals surface area contributed by atoms with Crippen LogP contribution in [0.5, 0.6) is 0 Å². The molecule has 2 fully saturated rings. The van der Waals surface area contributed by atoms with Crippen LogP contribution < -0.4 is 10.9 Å². The molecule has 0 radical (unpaired) electrons. The first-order chi connectivity index (χ1) is 10.3. The van der Waals surface area contributed by atoms with Gasteiger partial charge in [0, 0.05) is 38.1 Å². The van der Waals surface area contributed by atoms with Crippen LogP contribution in [0.15, 0.2) is 17.2 Å². The molecule has 0 amide bonds. The molecule has 0 bridgehead atoms. The van der Waals surface area contributed by atoms with E-state index < -0.39 is 0 Å². The minimum atomic E-state index is -0.0470. The highest BCUT2D eigenvalue weighted by atomic mass is 16.5. The summed E-state index contributed by atoms with van der Waals surface area (Å²) >= 11 is 0. The summed E-state index contributed by atoms with van der Waals surface area (Å²) in [6.45, 7) is 6.37. The van der Waals surface area contributed by atoms with Crippen LogP contribution in [-0.2, 0) is 11.3 Å². The summed E-state index contributed by atoms with van der Waals surface area (Å²) in [6.07, 6.45) is 7.02. The number of nitrogens with one attached hydrogen (secondary N) is 1. The normalized spacial score (nSPS) is 25.8. The second kappa shape index (κ2) is 6.58. The molecule has 1 N–H and O–H groups in total. The van der Waals surface area contributed by atoms with Crippen molar-refractivity contribution < 1.29 is 4.74 Å². The van der Waals surface area contributed by atoms with Crippen molar-refractivity contribution >= 4 is 5.82 Å². The number of hydrogen-bond donors (Lipinski definition) is 1. The average Bonchev–Trinajstić information content (AvgIpc) is 2.96. The third-order valence-corrected chi connectivity index (χ3v) is 4.34. The zero-order valence-electron chi connectivity index (χ0n) is 12.6. The van der Waals surface area contributed by atoms with Gasteiger partial charge in [-0.25, -0.2) is 4.98 Å². The Hall–Kier alpha value is -1.40. The molecule has 2 atom stereocenters. The van der Waals surface area contributed by atoms with Crippen molar-refractivity contribution in [3.8, 4) is 0 Å². The Morgan fingerprint density at radius 3 is 3.29 bits per heavy atom. The smallest absolute Gasteiger partial charge is 0.293 e. The van der Waals surface area contributed by atoms with Crippen LogP contribution in [0.2, 0.25) is 0 Å². The molecule has 0 saturated carbocycles. The van der Waals surface area contributed by atoms with Crippen molar-refractivity contribution in [3.63, 3.8) is 0 Å². The third kappa shape index (κ3) is 3.27. The molecule has 1 aromatic rings. The van der Waals surface area contributed by atoms with Gasteiger partial charge in [0.05, 0.1) is 12.7 Å². The van der Waals surface area contributed by atoms with Crippen LogP contribution >= 0.6 is 0 Å². The fraction of sp³-hybridized carbons (Fsp3) is 0.733. The summed E-state index contributed by atoms with van der Waals surface area (Å²) in [5, 5.41) is 3.17. The quantitative estimate of drug-likeness (QED) is 0.875. The number of anilines is 1. The van der Waals surface area contributed by atoms with Gasteiger partial charge in [-0.3, -0.25) is 9.69 Å². The third-order valence-electron chi connectivity index (χ3n) is 4.34. The first-order valence-electron chi connectivity index (χ1n) is 7.93. The van der Waals surface area contributed by atoms with Gasteiger partial charge in [-0.2, -0.15) is 0 Å². The summed E-state index contributed by atoms with van der Waals surface area (Å²) in [7, 11) is 0. The second-order valence-electron chi connectivity index (χ2n) is 5.90. The van der Waals surface area contributed by atoms with Crippen LogP contribution in [0.3, 0.4) is 0 Å². The maximum Gasteiger partial charge on any atom is 0.293 e. The summed E-state index contributed by atoms with van der Waals surface area (Å²) in [6, 6.07) is 0.609. The van der Waals surface area contributed by atoms with E-state index in [1.54, 1.807) is 17.0 Å². The van der Waals surface area contributed by atoms with Crippen molar-refractivity contribution in [1.82, 2.24) is 14.5 Å².